The van der Waals surface area contributed by atoms with E-state index in [0.29, 0.717) is 11.0 Å². The Morgan fingerprint density at radius 1 is 0.750 bits per heavy atom. The number of fused-ring (bicyclic) bond motifs is 1. The molecular formula is C18H34N2. The van der Waals surface area contributed by atoms with Crippen LogP contribution >= 0.6 is 0 Å². The molecule has 2 atom stereocenters. The van der Waals surface area contributed by atoms with Crippen LogP contribution in [0.25, 0.3) is 0 Å². The Morgan fingerprint density at radius 3 is 1.65 bits per heavy atom. The highest BCUT2D eigenvalue weighted by atomic mass is 15.3. The van der Waals surface area contributed by atoms with Gasteiger partial charge in [-0.2, -0.15) is 0 Å². The molecular weight excluding hydrogens is 244 g/mol. The standard InChI is InChI=1S/C18H34N2/c1-17(2,3)15-7-13-9-19(10-14(13)8-15)16-11-20(12-16)18(4,5)6/h13-16H,7-12H2,1-6H3. The van der Waals surface area contributed by atoms with Crippen molar-refractivity contribution in [3.05, 3.63) is 0 Å². The van der Waals surface area contributed by atoms with Gasteiger partial charge in [0.1, 0.15) is 0 Å². The predicted molar refractivity (Wildman–Crippen MR) is 85.8 cm³/mol. The van der Waals surface area contributed by atoms with E-state index in [9.17, 15) is 0 Å². The molecule has 0 N–H and O–H groups in total. The summed E-state index contributed by atoms with van der Waals surface area (Å²) in [6.07, 6.45) is 2.97. The van der Waals surface area contributed by atoms with E-state index in [1.165, 1.54) is 39.0 Å². The van der Waals surface area contributed by atoms with E-state index in [1.807, 2.05) is 0 Å². The predicted octanol–water partition coefficient (Wildman–Crippen LogP) is 3.47. The second kappa shape index (κ2) is 4.71. The molecule has 2 nitrogen and oxygen atoms in total. The molecule has 2 heterocycles. The average Bonchev–Trinajstić information content (AvgIpc) is 2.67. The molecule has 0 bridgehead atoms. The van der Waals surface area contributed by atoms with Crippen molar-refractivity contribution in [2.75, 3.05) is 26.2 Å². The minimum atomic E-state index is 0.365. The fraction of sp³-hybridized carbons (Fsp3) is 1.00. The van der Waals surface area contributed by atoms with E-state index in [-0.39, 0.29) is 0 Å². The zero-order valence-electron chi connectivity index (χ0n) is 14.4. The van der Waals surface area contributed by atoms with Gasteiger partial charge >= 0.3 is 0 Å². The first-order valence-electron chi connectivity index (χ1n) is 8.63. The third-order valence-corrected chi connectivity index (χ3v) is 6.33. The number of hydrogen-bond acceptors (Lipinski definition) is 2. The molecule has 0 aromatic carbocycles. The quantitative estimate of drug-likeness (QED) is 0.724. The van der Waals surface area contributed by atoms with Crippen LogP contribution in [0.15, 0.2) is 0 Å². The topological polar surface area (TPSA) is 6.48 Å². The SMILES string of the molecule is CC(C)(C)C1CC2CN(C3CN(C(C)(C)C)C3)CC2C1. The molecule has 0 aromatic heterocycles. The fourth-order valence-corrected chi connectivity index (χ4v) is 4.58. The fourth-order valence-electron chi connectivity index (χ4n) is 4.58. The van der Waals surface area contributed by atoms with Crippen LogP contribution in [0.4, 0.5) is 0 Å². The van der Waals surface area contributed by atoms with Crippen molar-refractivity contribution in [3.63, 3.8) is 0 Å². The van der Waals surface area contributed by atoms with Crippen molar-refractivity contribution < 1.29 is 0 Å². The number of nitrogens with zero attached hydrogens (tertiary/aromatic N) is 2. The van der Waals surface area contributed by atoms with Gasteiger partial charge in [-0.15, -0.1) is 0 Å². The summed E-state index contributed by atoms with van der Waals surface area (Å²) >= 11 is 0. The van der Waals surface area contributed by atoms with Crippen LogP contribution in [0.5, 0.6) is 0 Å². The van der Waals surface area contributed by atoms with E-state index >= 15 is 0 Å². The summed E-state index contributed by atoms with van der Waals surface area (Å²) in [5, 5.41) is 0. The van der Waals surface area contributed by atoms with Crippen molar-refractivity contribution in [3.8, 4) is 0 Å². The second-order valence-corrected chi connectivity index (χ2v) is 9.74. The van der Waals surface area contributed by atoms with Crippen LogP contribution in [0.1, 0.15) is 54.4 Å². The Kier molecular flexibility index (Phi) is 3.49. The Balaban J connectivity index is 1.50. The molecule has 0 radical (unpaired) electrons. The third-order valence-electron chi connectivity index (χ3n) is 6.33. The van der Waals surface area contributed by atoms with Crippen molar-refractivity contribution in [2.45, 2.75) is 66.0 Å². The molecule has 3 fully saturated rings. The van der Waals surface area contributed by atoms with Gasteiger partial charge in [-0.05, 0) is 56.8 Å². The molecule has 1 aliphatic carbocycles. The van der Waals surface area contributed by atoms with Gasteiger partial charge in [0.25, 0.3) is 0 Å². The zero-order chi connectivity index (χ0) is 14.7. The number of likely N-dealkylation sites (tertiary alicyclic amines) is 2. The molecule has 3 aliphatic rings. The van der Waals surface area contributed by atoms with Gasteiger partial charge in [0.15, 0.2) is 0 Å². The number of rotatable bonds is 1. The lowest BCUT2D eigenvalue weighted by molar-refractivity contribution is -0.0173. The lowest BCUT2D eigenvalue weighted by atomic mass is 9.79. The average molecular weight is 278 g/mol. The zero-order valence-corrected chi connectivity index (χ0v) is 14.4. The molecule has 1 saturated carbocycles. The summed E-state index contributed by atoms with van der Waals surface area (Å²) in [4.78, 5) is 5.44. The van der Waals surface area contributed by atoms with Crippen LogP contribution < -0.4 is 0 Å². The maximum atomic E-state index is 2.82. The van der Waals surface area contributed by atoms with Crippen LogP contribution in [0, 0.1) is 23.2 Å². The van der Waals surface area contributed by atoms with Gasteiger partial charge in [0, 0.05) is 37.8 Å². The van der Waals surface area contributed by atoms with E-state index in [4.69, 9.17) is 0 Å². The first kappa shape index (κ1) is 14.8. The summed E-state index contributed by atoms with van der Waals surface area (Å²) in [7, 11) is 0. The van der Waals surface area contributed by atoms with E-state index in [1.54, 1.807) is 0 Å². The van der Waals surface area contributed by atoms with Crippen LogP contribution in [-0.2, 0) is 0 Å². The Labute approximate surface area is 125 Å². The Bertz CT molecular complexity index is 343. The normalized spacial score (nSPS) is 37.2. The molecule has 0 aromatic rings. The van der Waals surface area contributed by atoms with E-state index < -0.39 is 0 Å². The molecule has 3 rings (SSSR count). The van der Waals surface area contributed by atoms with Gasteiger partial charge in [-0.25, -0.2) is 0 Å². The second-order valence-electron chi connectivity index (χ2n) is 9.74. The first-order chi connectivity index (χ1) is 9.14. The third kappa shape index (κ3) is 2.66. The summed E-state index contributed by atoms with van der Waals surface area (Å²) in [6, 6.07) is 0.855. The Hall–Kier alpha value is -0.0800. The van der Waals surface area contributed by atoms with Gasteiger partial charge in [0.2, 0.25) is 0 Å². The first-order valence-corrected chi connectivity index (χ1v) is 8.63. The van der Waals surface area contributed by atoms with Crippen molar-refractivity contribution in [1.29, 1.82) is 0 Å². The summed E-state index contributed by atoms with van der Waals surface area (Å²) in [6.45, 7) is 19.7. The van der Waals surface area contributed by atoms with Gasteiger partial charge in [0.05, 0.1) is 0 Å². The van der Waals surface area contributed by atoms with E-state index in [0.717, 1.165) is 23.8 Å². The maximum absolute atomic E-state index is 2.82. The summed E-state index contributed by atoms with van der Waals surface area (Å²) in [5.74, 6) is 2.97. The molecule has 116 valence electrons. The summed E-state index contributed by atoms with van der Waals surface area (Å²) < 4.78 is 0. The van der Waals surface area contributed by atoms with Gasteiger partial charge in [-0.3, -0.25) is 9.80 Å². The van der Waals surface area contributed by atoms with Crippen molar-refractivity contribution in [1.82, 2.24) is 9.80 Å². The molecule has 2 unspecified atom stereocenters. The molecule has 20 heavy (non-hydrogen) atoms. The maximum Gasteiger partial charge on any atom is 0.0351 e. The monoisotopic (exact) mass is 278 g/mol. The smallest absolute Gasteiger partial charge is 0.0351 e. The highest BCUT2D eigenvalue weighted by Gasteiger charge is 2.47. The van der Waals surface area contributed by atoms with Crippen LogP contribution in [0.2, 0.25) is 0 Å². The molecule has 2 saturated heterocycles. The molecule has 2 heteroatoms. The lowest BCUT2D eigenvalue weighted by Crippen LogP contribution is -2.64. The summed E-state index contributed by atoms with van der Waals surface area (Å²) in [5.41, 5.74) is 0.887. The molecule has 0 spiro atoms. The van der Waals surface area contributed by atoms with Gasteiger partial charge in [-0.1, -0.05) is 20.8 Å². The van der Waals surface area contributed by atoms with Crippen molar-refractivity contribution in [2.24, 2.45) is 23.2 Å². The highest BCUT2D eigenvalue weighted by Crippen LogP contribution is 2.49. The Morgan fingerprint density at radius 2 is 1.25 bits per heavy atom. The minimum Gasteiger partial charge on any atom is -0.297 e. The van der Waals surface area contributed by atoms with Crippen molar-refractivity contribution >= 4 is 0 Å². The minimum absolute atomic E-state index is 0.365. The van der Waals surface area contributed by atoms with Gasteiger partial charge < -0.3 is 0 Å². The number of hydrogen-bond donors (Lipinski definition) is 0. The van der Waals surface area contributed by atoms with Crippen LogP contribution in [0.3, 0.4) is 0 Å². The largest absolute Gasteiger partial charge is 0.297 e. The van der Waals surface area contributed by atoms with Crippen LogP contribution in [-0.4, -0.2) is 47.6 Å². The highest BCUT2D eigenvalue weighted by molar-refractivity contribution is 5.01. The molecule has 0 amide bonds. The van der Waals surface area contributed by atoms with E-state index in [2.05, 4.69) is 51.3 Å². The molecule has 2 aliphatic heterocycles. The lowest BCUT2D eigenvalue weighted by Gasteiger charge is -2.51.